The monoisotopic (exact) mass is 397 g/mol. The number of nitrogens with zero attached hydrogens (tertiary/aromatic N) is 2. The molecule has 1 atom stereocenters. The van der Waals surface area contributed by atoms with Crippen LogP contribution in [0.15, 0.2) is 24.3 Å². The predicted octanol–water partition coefficient (Wildman–Crippen LogP) is 3.77. The summed E-state index contributed by atoms with van der Waals surface area (Å²) in [4.78, 5) is 14.7. The van der Waals surface area contributed by atoms with Crippen LogP contribution in [0, 0.1) is 12.8 Å². The van der Waals surface area contributed by atoms with Crippen LogP contribution >= 0.6 is 0 Å². The summed E-state index contributed by atoms with van der Waals surface area (Å²) in [5.41, 5.74) is 4.16. The number of piperidine rings is 1. The largest absolute Gasteiger partial charge is 0.376 e. The highest BCUT2D eigenvalue weighted by atomic mass is 16.5. The Morgan fingerprint density at radius 3 is 2.76 bits per heavy atom. The molecule has 1 aromatic carbocycles. The molecule has 0 spiro atoms. The molecular weight excluding hydrogens is 362 g/mol. The molecule has 5 nitrogen and oxygen atoms in total. The van der Waals surface area contributed by atoms with E-state index in [4.69, 9.17) is 4.74 Å². The highest BCUT2D eigenvalue weighted by Crippen LogP contribution is 2.28. The number of hydrogen-bond acceptors (Lipinski definition) is 3. The highest BCUT2D eigenvalue weighted by molar-refractivity contribution is 5.85. The van der Waals surface area contributed by atoms with Crippen LogP contribution in [0.5, 0.6) is 0 Å². The van der Waals surface area contributed by atoms with Gasteiger partial charge in [0.1, 0.15) is 0 Å². The smallest absolute Gasteiger partial charge is 0.220 e. The van der Waals surface area contributed by atoms with Crippen molar-refractivity contribution in [2.45, 2.75) is 58.1 Å². The second-order valence-electron chi connectivity index (χ2n) is 8.84. The average molecular weight is 398 g/mol. The first kappa shape index (κ1) is 20.4. The number of aryl methyl sites for hydroxylation is 1. The Bertz CT molecular complexity index is 830. The zero-order valence-corrected chi connectivity index (χ0v) is 18.0. The van der Waals surface area contributed by atoms with Gasteiger partial charge in [0.25, 0.3) is 0 Å². The van der Waals surface area contributed by atoms with Gasteiger partial charge in [0.2, 0.25) is 5.91 Å². The van der Waals surface area contributed by atoms with Crippen molar-refractivity contribution in [2.24, 2.45) is 13.0 Å². The number of nitrogens with one attached hydrogen (secondary N) is 1. The molecule has 0 bridgehead atoms. The van der Waals surface area contributed by atoms with Crippen LogP contribution in [-0.2, 0) is 23.1 Å². The third-order valence-electron chi connectivity index (χ3n) is 6.95. The second kappa shape index (κ2) is 9.31. The Balaban J connectivity index is 1.22. The summed E-state index contributed by atoms with van der Waals surface area (Å²) in [6.45, 7) is 7.05. The minimum atomic E-state index is 0.189. The summed E-state index contributed by atoms with van der Waals surface area (Å²) in [6.07, 6.45) is 6.50. The summed E-state index contributed by atoms with van der Waals surface area (Å²) < 4.78 is 7.89. The molecular formula is C24H35N3O2. The van der Waals surface area contributed by atoms with Crippen LogP contribution in [0.1, 0.15) is 49.8 Å². The third-order valence-corrected chi connectivity index (χ3v) is 6.95. The van der Waals surface area contributed by atoms with Gasteiger partial charge in [-0.05, 0) is 69.7 Å². The van der Waals surface area contributed by atoms with E-state index >= 15 is 0 Å². The number of para-hydroxylation sites is 1. The van der Waals surface area contributed by atoms with E-state index < -0.39 is 0 Å². The molecule has 2 aliphatic heterocycles. The number of amides is 1. The number of rotatable bonds is 7. The Kier molecular flexibility index (Phi) is 6.56. The van der Waals surface area contributed by atoms with Crippen molar-refractivity contribution >= 4 is 16.8 Å². The first-order valence-electron chi connectivity index (χ1n) is 11.3. The van der Waals surface area contributed by atoms with Crippen molar-refractivity contribution in [3.05, 3.63) is 35.5 Å². The van der Waals surface area contributed by atoms with Gasteiger partial charge in [0.15, 0.2) is 0 Å². The average Bonchev–Trinajstić information content (AvgIpc) is 3.35. The second-order valence-corrected chi connectivity index (χ2v) is 8.84. The van der Waals surface area contributed by atoms with Gasteiger partial charge < -0.3 is 14.6 Å². The molecule has 1 aromatic heterocycles. The predicted molar refractivity (Wildman–Crippen MR) is 117 cm³/mol. The summed E-state index contributed by atoms with van der Waals surface area (Å²) in [7, 11) is 2.16. The van der Waals surface area contributed by atoms with Crippen molar-refractivity contribution in [2.75, 3.05) is 26.2 Å². The molecule has 1 N–H and O–H groups in total. The van der Waals surface area contributed by atoms with Gasteiger partial charge in [-0.15, -0.1) is 0 Å². The molecule has 0 aliphatic carbocycles. The standard InChI is InChI=1S/C24H35N3O2/c1-18-22(21-7-3-4-8-23(21)26(18)2)17-27-13-11-19(12-14-27)9-10-24(28)25-16-20-6-5-15-29-20/h3-4,7-8,19-20H,5-6,9-17H2,1-2H3,(H,25,28)/t20-/m0/s1. The van der Waals surface area contributed by atoms with E-state index in [0.717, 1.165) is 45.5 Å². The SMILES string of the molecule is Cc1c(CN2CCC(CCC(=O)NC[C@@H]3CCCO3)CC2)c2ccccc2n1C. The lowest BCUT2D eigenvalue weighted by Gasteiger charge is -2.32. The molecule has 0 unspecified atom stereocenters. The molecule has 5 heteroatoms. The van der Waals surface area contributed by atoms with Crippen molar-refractivity contribution in [1.29, 1.82) is 0 Å². The van der Waals surface area contributed by atoms with Crippen LogP contribution in [0.2, 0.25) is 0 Å². The van der Waals surface area contributed by atoms with E-state index in [-0.39, 0.29) is 12.0 Å². The van der Waals surface area contributed by atoms with Crippen molar-refractivity contribution in [3.63, 3.8) is 0 Å². The topological polar surface area (TPSA) is 46.5 Å². The lowest BCUT2D eigenvalue weighted by Crippen LogP contribution is -2.35. The van der Waals surface area contributed by atoms with Gasteiger partial charge in [-0.25, -0.2) is 0 Å². The number of hydrogen-bond donors (Lipinski definition) is 1. The Morgan fingerprint density at radius 1 is 1.21 bits per heavy atom. The minimum Gasteiger partial charge on any atom is -0.376 e. The molecule has 158 valence electrons. The fraction of sp³-hybridized carbons (Fsp3) is 0.625. The maximum Gasteiger partial charge on any atom is 0.220 e. The van der Waals surface area contributed by atoms with Gasteiger partial charge in [0, 0.05) is 49.8 Å². The quantitative estimate of drug-likeness (QED) is 0.774. The number of fused-ring (bicyclic) bond motifs is 1. The zero-order chi connectivity index (χ0) is 20.2. The van der Waals surface area contributed by atoms with Crippen LogP contribution in [0.3, 0.4) is 0 Å². The lowest BCUT2D eigenvalue weighted by molar-refractivity contribution is -0.122. The van der Waals surface area contributed by atoms with Crippen LogP contribution in [0.25, 0.3) is 10.9 Å². The van der Waals surface area contributed by atoms with Crippen molar-refractivity contribution in [3.8, 4) is 0 Å². The Morgan fingerprint density at radius 2 is 2.00 bits per heavy atom. The molecule has 0 radical (unpaired) electrons. The molecule has 2 fully saturated rings. The van der Waals surface area contributed by atoms with Crippen LogP contribution in [-0.4, -0.2) is 47.7 Å². The maximum absolute atomic E-state index is 12.1. The zero-order valence-electron chi connectivity index (χ0n) is 18.0. The highest BCUT2D eigenvalue weighted by Gasteiger charge is 2.22. The van der Waals surface area contributed by atoms with E-state index in [1.54, 1.807) is 0 Å². The fourth-order valence-corrected chi connectivity index (χ4v) is 4.91. The number of aromatic nitrogens is 1. The minimum absolute atomic E-state index is 0.189. The first-order valence-corrected chi connectivity index (χ1v) is 11.3. The molecule has 3 heterocycles. The third kappa shape index (κ3) is 4.84. The number of benzene rings is 1. The van der Waals surface area contributed by atoms with E-state index in [9.17, 15) is 4.79 Å². The van der Waals surface area contributed by atoms with Gasteiger partial charge in [-0.1, -0.05) is 18.2 Å². The van der Waals surface area contributed by atoms with E-state index in [1.165, 1.54) is 35.0 Å². The molecule has 2 saturated heterocycles. The summed E-state index contributed by atoms with van der Waals surface area (Å²) in [5, 5.41) is 4.44. The van der Waals surface area contributed by atoms with E-state index in [1.807, 2.05) is 0 Å². The fourth-order valence-electron chi connectivity index (χ4n) is 4.91. The maximum atomic E-state index is 12.1. The van der Waals surface area contributed by atoms with E-state index in [0.29, 0.717) is 18.9 Å². The van der Waals surface area contributed by atoms with Gasteiger partial charge >= 0.3 is 0 Å². The molecule has 4 rings (SSSR count). The molecule has 1 amide bonds. The number of carbonyl (C=O) groups excluding carboxylic acids is 1. The van der Waals surface area contributed by atoms with Crippen molar-refractivity contribution < 1.29 is 9.53 Å². The molecule has 0 saturated carbocycles. The Hall–Kier alpha value is -1.85. The number of carbonyl (C=O) groups is 1. The molecule has 2 aliphatic rings. The van der Waals surface area contributed by atoms with Gasteiger partial charge in [-0.2, -0.15) is 0 Å². The van der Waals surface area contributed by atoms with Crippen molar-refractivity contribution in [1.82, 2.24) is 14.8 Å². The summed E-state index contributed by atoms with van der Waals surface area (Å²) in [6, 6.07) is 8.72. The van der Waals surface area contributed by atoms with Crippen LogP contribution in [0.4, 0.5) is 0 Å². The Labute approximate surface area is 174 Å². The first-order chi connectivity index (χ1) is 14.1. The van der Waals surface area contributed by atoms with Crippen LogP contribution < -0.4 is 5.32 Å². The van der Waals surface area contributed by atoms with E-state index in [2.05, 4.69) is 53.0 Å². The lowest BCUT2D eigenvalue weighted by atomic mass is 9.91. The molecule has 29 heavy (non-hydrogen) atoms. The number of ether oxygens (including phenoxy) is 1. The summed E-state index contributed by atoms with van der Waals surface area (Å²) >= 11 is 0. The number of likely N-dealkylation sites (tertiary alicyclic amines) is 1. The normalized spacial score (nSPS) is 21.1. The van der Waals surface area contributed by atoms with Gasteiger partial charge in [-0.3, -0.25) is 9.69 Å². The molecule has 2 aromatic rings. The van der Waals surface area contributed by atoms with Gasteiger partial charge in [0.05, 0.1) is 6.10 Å². The summed E-state index contributed by atoms with van der Waals surface area (Å²) in [5.74, 6) is 0.864.